The number of halogens is 1. The maximum atomic E-state index is 11.9. The van der Waals surface area contributed by atoms with Crippen LogP contribution in [0, 0.1) is 0 Å². The van der Waals surface area contributed by atoms with Crippen LogP contribution in [-0.4, -0.2) is 69.2 Å². The molecule has 7 nitrogen and oxygen atoms in total. The number of rotatable bonds is 10. The van der Waals surface area contributed by atoms with Gasteiger partial charge in [-0.2, -0.15) is 0 Å². The summed E-state index contributed by atoms with van der Waals surface area (Å²) in [7, 11) is 1.79. The van der Waals surface area contributed by atoms with Crippen molar-refractivity contribution in [2.75, 3.05) is 46.4 Å². The molecule has 1 aromatic rings. The number of hydrogen-bond acceptors (Lipinski definition) is 4. The predicted molar refractivity (Wildman–Crippen MR) is 139 cm³/mol. The lowest BCUT2D eigenvalue weighted by molar-refractivity contribution is -0.122. The van der Waals surface area contributed by atoms with Gasteiger partial charge in [0.05, 0.1) is 13.1 Å². The summed E-state index contributed by atoms with van der Waals surface area (Å²) >= 11 is 0. The molecule has 1 aliphatic rings. The Morgan fingerprint density at radius 3 is 2.55 bits per heavy atom. The van der Waals surface area contributed by atoms with Crippen LogP contribution in [0.4, 0.5) is 0 Å². The number of guanidine groups is 1. The average molecular weight is 546 g/mol. The molecule has 0 aliphatic carbocycles. The number of hydrogen-bond donors (Lipinski definition) is 3. The second kappa shape index (κ2) is 15.3. The standard InChI is InChI=1S/C23H39N5O2.HI/c1-5-12-25-22(29)17-28-14-10-19(11-15-28)27-23(24-4)26-13-16-30-21-9-7-6-8-20(21)18(2)3;/h6-9,18-19H,5,10-17H2,1-4H3,(H,25,29)(H2,24,26,27);1H. The Morgan fingerprint density at radius 1 is 1.19 bits per heavy atom. The van der Waals surface area contributed by atoms with E-state index >= 15 is 0 Å². The van der Waals surface area contributed by atoms with E-state index in [1.807, 2.05) is 12.1 Å². The Morgan fingerprint density at radius 2 is 1.90 bits per heavy atom. The number of amides is 1. The van der Waals surface area contributed by atoms with Crippen LogP contribution in [0.25, 0.3) is 0 Å². The van der Waals surface area contributed by atoms with Gasteiger partial charge in [-0.05, 0) is 36.8 Å². The van der Waals surface area contributed by atoms with E-state index in [9.17, 15) is 4.79 Å². The summed E-state index contributed by atoms with van der Waals surface area (Å²) in [4.78, 5) is 18.4. The van der Waals surface area contributed by atoms with E-state index in [1.165, 1.54) is 5.56 Å². The van der Waals surface area contributed by atoms with Crippen molar-refractivity contribution in [3.05, 3.63) is 29.8 Å². The van der Waals surface area contributed by atoms with Crippen molar-refractivity contribution >= 4 is 35.8 Å². The first kappa shape index (κ1) is 27.5. The van der Waals surface area contributed by atoms with Gasteiger partial charge in [-0.3, -0.25) is 14.7 Å². The third-order valence-electron chi connectivity index (χ3n) is 5.28. The summed E-state index contributed by atoms with van der Waals surface area (Å²) in [5.74, 6) is 2.31. The number of ether oxygens (including phenoxy) is 1. The van der Waals surface area contributed by atoms with Crippen molar-refractivity contribution < 1.29 is 9.53 Å². The summed E-state index contributed by atoms with van der Waals surface area (Å²) in [5, 5.41) is 9.78. The number of piperidine rings is 1. The third-order valence-corrected chi connectivity index (χ3v) is 5.28. The largest absolute Gasteiger partial charge is 0.491 e. The first-order valence-corrected chi connectivity index (χ1v) is 11.2. The van der Waals surface area contributed by atoms with Crippen LogP contribution >= 0.6 is 24.0 Å². The van der Waals surface area contributed by atoms with Crippen LogP contribution < -0.4 is 20.7 Å². The number of likely N-dealkylation sites (tertiary alicyclic amines) is 1. The second-order valence-electron chi connectivity index (χ2n) is 8.08. The molecule has 0 aromatic heterocycles. The third kappa shape index (κ3) is 10.1. The molecule has 0 bridgehead atoms. The molecule has 2 rings (SSSR count). The zero-order valence-electron chi connectivity index (χ0n) is 19.4. The predicted octanol–water partition coefficient (Wildman–Crippen LogP) is 2.96. The van der Waals surface area contributed by atoms with Crippen LogP contribution in [0.15, 0.2) is 29.3 Å². The number of nitrogens with one attached hydrogen (secondary N) is 3. The number of para-hydroxylation sites is 1. The van der Waals surface area contributed by atoms with Gasteiger partial charge >= 0.3 is 0 Å². The number of nitrogens with zero attached hydrogens (tertiary/aromatic N) is 2. The highest BCUT2D eigenvalue weighted by Gasteiger charge is 2.21. The van der Waals surface area contributed by atoms with Gasteiger partial charge in [-0.15, -0.1) is 24.0 Å². The first-order chi connectivity index (χ1) is 14.5. The van der Waals surface area contributed by atoms with E-state index < -0.39 is 0 Å². The smallest absolute Gasteiger partial charge is 0.234 e. The number of carbonyl (C=O) groups excluding carboxylic acids is 1. The molecule has 0 spiro atoms. The first-order valence-electron chi connectivity index (χ1n) is 11.2. The monoisotopic (exact) mass is 545 g/mol. The normalized spacial score (nSPS) is 15.3. The highest BCUT2D eigenvalue weighted by molar-refractivity contribution is 14.0. The van der Waals surface area contributed by atoms with Crippen molar-refractivity contribution in [3.8, 4) is 5.75 Å². The molecule has 31 heavy (non-hydrogen) atoms. The van der Waals surface area contributed by atoms with Crippen molar-refractivity contribution in [3.63, 3.8) is 0 Å². The Bertz CT molecular complexity index is 676. The minimum atomic E-state index is 0. The number of benzene rings is 1. The van der Waals surface area contributed by atoms with E-state index in [0.717, 1.165) is 50.6 Å². The number of aliphatic imine (C=N–C) groups is 1. The van der Waals surface area contributed by atoms with E-state index in [-0.39, 0.29) is 29.9 Å². The molecule has 0 atom stereocenters. The SMILES string of the molecule is CCCNC(=O)CN1CCC(NC(=NC)NCCOc2ccccc2C(C)C)CC1.I. The molecule has 1 amide bonds. The zero-order chi connectivity index (χ0) is 21.8. The minimum absolute atomic E-state index is 0. The average Bonchev–Trinajstić information content (AvgIpc) is 2.75. The Kier molecular flexibility index (Phi) is 13.6. The lowest BCUT2D eigenvalue weighted by Crippen LogP contribution is -2.50. The lowest BCUT2D eigenvalue weighted by Gasteiger charge is -2.32. The van der Waals surface area contributed by atoms with Gasteiger partial charge in [0.1, 0.15) is 12.4 Å². The van der Waals surface area contributed by atoms with Crippen LogP contribution in [0.1, 0.15) is 51.5 Å². The Hall–Kier alpha value is -1.55. The summed E-state index contributed by atoms with van der Waals surface area (Å²) in [6.07, 6.45) is 2.97. The van der Waals surface area contributed by atoms with E-state index in [0.29, 0.717) is 31.7 Å². The summed E-state index contributed by atoms with van der Waals surface area (Å²) in [5.41, 5.74) is 1.23. The van der Waals surface area contributed by atoms with Crippen LogP contribution in [0.3, 0.4) is 0 Å². The molecule has 1 fully saturated rings. The fraction of sp³-hybridized carbons (Fsp3) is 0.652. The van der Waals surface area contributed by atoms with Crippen molar-refractivity contribution in [2.24, 2.45) is 4.99 Å². The summed E-state index contributed by atoms with van der Waals surface area (Å²) in [6.45, 7) is 10.8. The van der Waals surface area contributed by atoms with Crippen LogP contribution in [-0.2, 0) is 4.79 Å². The molecule has 1 heterocycles. The Labute approximate surface area is 204 Å². The van der Waals surface area contributed by atoms with Gasteiger partial charge in [0.25, 0.3) is 0 Å². The lowest BCUT2D eigenvalue weighted by atomic mass is 10.0. The van der Waals surface area contributed by atoms with Gasteiger partial charge < -0.3 is 20.7 Å². The molecule has 8 heteroatoms. The summed E-state index contributed by atoms with van der Waals surface area (Å²) < 4.78 is 5.97. The van der Waals surface area contributed by atoms with Crippen molar-refractivity contribution in [1.29, 1.82) is 0 Å². The highest BCUT2D eigenvalue weighted by Crippen LogP contribution is 2.25. The maximum absolute atomic E-state index is 11.9. The molecule has 0 saturated carbocycles. The molecule has 1 saturated heterocycles. The highest BCUT2D eigenvalue weighted by atomic mass is 127. The number of carbonyl (C=O) groups is 1. The fourth-order valence-corrected chi connectivity index (χ4v) is 3.57. The fourth-order valence-electron chi connectivity index (χ4n) is 3.57. The van der Waals surface area contributed by atoms with Gasteiger partial charge in [0.2, 0.25) is 5.91 Å². The molecule has 1 aromatic carbocycles. The van der Waals surface area contributed by atoms with Crippen LogP contribution in [0.2, 0.25) is 0 Å². The maximum Gasteiger partial charge on any atom is 0.234 e. The topological polar surface area (TPSA) is 78.0 Å². The summed E-state index contributed by atoms with van der Waals surface area (Å²) in [6, 6.07) is 8.57. The van der Waals surface area contributed by atoms with Crippen molar-refractivity contribution in [2.45, 2.75) is 52.0 Å². The minimum Gasteiger partial charge on any atom is -0.491 e. The second-order valence-corrected chi connectivity index (χ2v) is 8.08. The molecule has 0 radical (unpaired) electrons. The van der Waals surface area contributed by atoms with Crippen molar-refractivity contribution in [1.82, 2.24) is 20.9 Å². The zero-order valence-corrected chi connectivity index (χ0v) is 21.8. The van der Waals surface area contributed by atoms with E-state index in [4.69, 9.17) is 4.74 Å². The molecule has 0 unspecified atom stereocenters. The molecule has 176 valence electrons. The van der Waals surface area contributed by atoms with Gasteiger partial charge in [0, 0.05) is 32.7 Å². The van der Waals surface area contributed by atoms with Crippen LogP contribution in [0.5, 0.6) is 5.75 Å². The van der Waals surface area contributed by atoms with Gasteiger partial charge in [0.15, 0.2) is 5.96 Å². The quantitative estimate of drug-likeness (QED) is 0.183. The van der Waals surface area contributed by atoms with E-state index in [1.54, 1.807) is 7.05 Å². The van der Waals surface area contributed by atoms with Gasteiger partial charge in [-0.1, -0.05) is 39.0 Å². The van der Waals surface area contributed by atoms with Gasteiger partial charge in [-0.25, -0.2) is 0 Å². The molecular weight excluding hydrogens is 505 g/mol. The molecule has 1 aliphatic heterocycles. The van der Waals surface area contributed by atoms with E-state index in [2.05, 4.69) is 58.7 Å². The molecular formula is C23H40IN5O2. The Balaban J connectivity index is 0.00000480. The molecule has 3 N–H and O–H groups in total.